The van der Waals surface area contributed by atoms with Crippen molar-refractivity contribution >= 4 is 35.0 Å². The quantitative estimate of drug-likeness (QED) is 0.643. The number of piperazine rings is 1. The molecule has 80 valence electrons. The number of rotatable bonds is 2. The summed E-state index contributed by atoms with van der Waals surface area (Å²) < 4.78 is 0. The van der Waals surface area contributed by atoms with Crippen molar-refractivity contribution in [3.05, 3.63) is 0 Å². The second kappa shape index (κ2) is 5.41. The van der Waals surface area contributed by atoms with Crippen LogP contribution >= 0.6 is 23.2 Å². The molecule has 0 aromatic heterocycles. The molecule has 1 fully saturated rings. The Bertz CT molecular complexity index is 203. The Morgan fingerprint density at radius 2 is 1.14 bits per heavy atom. The molecule has 0 saturated carbocycles. The molecule has 14 heavy (non-hydrogen) atoms. The van der Waals surface area contributed by atoms with Crippen molar-refractivity contribution in [3.8, 4) is 0 Å². The average Bonchev–Trinajstić information content (AvgIpc) is 2.27. The van der Waals surface area contributed by atoms with Crippen LogP contribution in [0.1, 0.15) is 0 Å². The van der Waals surface area contributed by atoms with Crippen molar-refractivity contribution in [1.29, 1.82) is 0 Å². The first-order valence-corrected chi connectivity index (χ1v) is 5.43. The number of hydrogen-bond donors (Lipinski definition) is 0. The van der Waals surface area contributed by atoms with Crippen LogP contribution in [0, 0.1) is 0 Å². The molecule has 1 aliphatic heterocycles. The largest absolute Gasteiger partial charge is 0.338 e. The summed E-state index contributed by atoms with van der Waals surface area (Å²) in [6.07, 6.45) is 0. The molecule has 0 aromatic carbocycles. The smallest absolute Gasteiger partial charge is 0.237 e. The monoisotopic (exact) mass is 238 g/mol. The first-order valence-electron chi connectivity index (χ1n) is 4.36. The van der Waals surface area contributed by atoms with E-state index in [0.29, 0.717) is 26.2 Å². The first kappa shape index (κ1) is 11.6. The summed E-state index contributed by atoms with van der Waals surface area (Å²) in [7, 11) is 0. The highest BCUT2D eigenvalue weighted by atomic mass is 35.5. The standard InChI is InChI=1S/C8H12Cl2N2O2/c9-5-7(13)11-1-2-12(4-3-11)8(14)6-10/h1-6H2. The van der Waals surface area contributed by atoms with Gasteiger partial charge in [0, 0.05) is 26.2 Å². The maximum atomic E-state index is 11.2. The molecule has 0 spiro atoms. The summed E-state index contributed by atoms with van der Waals surface area (Å²) in [5.74, 6) is -0.151. The second-order valence-electron chi connectivity index (χ2n) is 3.03. The molecule has 1 aliphatic rings. The van der Waals surface area contributed by atoms with Gasteiger partial charge >= 0.3 is 0 Å². The molecule has 0 radical (unpaired) electrons. The molecular weight excluding hydrogens is 227 g/mol. The molecule has 0 atom stereocenters. The fourth-order valence-corrected chi connectivity index (χ4v) is 1.71. The van der Waals surface area contributed by atoms with E-state index in [1.807, 2.05) is 0 Å². The molecule has 0 bridgehead atoms. The third kappa shape index (κ3) is 2.75. The van der Waals surface area contributed by atoms with E-state index < -0.39 is 0 Å². The van der Waals surface area contributed by atoms with Gasteiger partial charge in [-0.15, -0.1) is 23.2 Å². The van der Waals surface area contributed by atoms with Gasteiger partial charge in [-0.2, -0.15) is 0 Å². The number of carbonyl (C=O) groups is 2. The highest BCUT2D eigenvalue weighted by Crippen LogP contribution is 2.03. The van der Waals surface area contributed by atoms with E-state index in [-0.39, 0.29) is 23.6 Å². The van der Waals surface area contributed by atoms with Crippen LogP contribution in [0.3, 0.4) is 0 Å². The average molecular weight is 239 g/mol. The molecule has 0 unspecified atom stereocenters. The van der Waals surface area contributed by atoms with Crippen LogP contribution in [0.5, 0.6) is 0 Å². The first-order chi connectivity index (χ1) is 6.69. The minimum atomic E-state index is -0.0790. The summed E-state index contributed by atoms with van der Waals surface area (Å²) in [5, 5.41) is 0. The fourth-order valence-electron chi connectivity index (χ4n) is 1.37. The van der Waals surface area contributed by atoms with E-state index >= 15 is 0 Å². The SMILES string of the molecule is O=C(CCl)N1CCN(C(=O)CCl)CC1. The molecule has 2 amide bonds. The van der Waals surface area contributed by atoms with Crippen LogP contribution in [0.2, 0.25) is 0 Å². The van der Waals surface area contributed by atoms with E-state index in [4.69, 9.17) is 23.2 Å². The Labute approximate surface area is 92.7 Å². The number of hydrogen-bond acceptors (Lipinski definition) is 2. The van der Waals surface area contributed by atoms with Crippen LogP contribution in [-0.2, 0) is 9.59 Å². The maximum absolute atomic E-state index is 11.2. The molecule has 1 saturated heterocycles. The lowest BCUT2D eigenvalue weighted by molar-refractivity contribution is -0.136. The molecule has 1 heterocycles. The minimum Gasteiger partial charge on any atom is -0.338 e. The van der Waals surface area contributed by atoms with Crippen molar-refractivity contribution in [2.75, 3.05) is 37.9 Å². The fraction of sp³-hybridized carbons (Fsp3) is 0.750. The van der Waals surface area contributed by atoms with E-state index in [0.717, 1.165) is 0 Å². The van der Waals surface area contributed by atoms with E-state index in [9.17, 15) is 9.59 Å². The Morgan fingerprint density at radius 3 is 1.36 bits per heavy atom. The van der Waals surface area contributed by atoms with Gasteiger partial charge in [-0.05, 0) is 0 Å². The van der Waals surface area contributed by atoms with Gasteiger partial charge in [-0.25, -0.2) is 0 Å². The van der Waals surface area contributed by atoms with Gasteiger partial charge in [0.25, 0.3) is 0 Å². The topological polar surface area (TPSA) is 40.6 Å². The molecule has 4 nitrogen and oxygen atoms in total. The Balaban J connectivity index is 2.38. The van der Waals surface area contributed by atoms with Gasteiger partial charge in [0.05, 0.1) is 0 Å². The van der Waals surface area contributed by atoms with Gasteiger partial charge in [-0.3, -0.25) is 9.59 Å². The number of carbonyl (C=O) groups excluding carboxylic acids is 2. The predicted octanol–water partition coefficient (Wildman–Crippen LogP) is 0.135. The maximum Gasteiger partial charge on any atom is 0.237 e. The van der Waals surface area contributed by atoms with Crippen LogP contribution in [0.25, 0.3) is 0 Å². The van der Waals surface area contributed by atoms with Crippen molar-refractivity contribution < 1.29 is 9.59 Å². The molecule has 0 aliphatic carbocycles. The van der Waals surface area contributed by atoms with Crippen molar-refractivity contribution in [1.82, 2.24) is 9.80 Å². The number of alkyl halides is 2. The highest BCUT2D eigenvalue weighted by molar-refractivity contribution is 6.27. The molecule has 1 rings (SSSR count). The van der Waals surface area contributed by atoms with Gasteiger partial charge in [0.2, 0.25) is 11.8 Å². The van der Waals surface area contributed by atoms with Crippen molar-refractivity contribution in [2.24, 2.45) is 0 Å². The zero-order valence-corrected chi connectivity index (χ0v) is 9.22. The second-order valence-corrected chi connectivity index (χ2v) is 3.56. The number of halogens is 2. The van der Waals surface area contributed by atoms with Crippen molar-refractivity contribution in [3.63, 3.8) is 0 Å². The minimum absolute atomic E-state index is 0.00343. The number of nitrogens with zero attached hydrogens (tertiary/aromatic N) is 2. The predicted molar refractivity (Wildman–Crippen MR) is 54.6 cm³/mol. The van der Waals surface area contributed by atoms with E-state index in [2.05, 4.69) is 0 Å². The summed E-state index contributed by atoms with van der Waals surface area (Å²) in [4.78, 5) is 25.7. The Hall–Kier alpha value is -0.480. The summed E-state index contributed by atoms with van der Waals surface area (Å²) >= 11 is 10.8. The summed E-state index contributed by atoms with van der Waals surface area (Å²) in [6, 6.07) is 0. The molecule has 0 N–H and O–H groups in total. The van der Waals surface area contributed by atoms with Gasteiger partial charge in [0.1, 0.15) is 11.8 Å². The van der Waals surface area contributed by atoms with Crippen LogP contribution in [-0.4, -0.2) is 59.6 Å². The third-order valence-corrected chi connectivity index (χ3v) is 2.67. The van der Waals surface area contributed by atoms with Crippen LogP contribution in [0.4, 0.5) is 0 Å². The van der Waals surface area contributed by atoms with E-state index in [1.165, 1.54) is 0 Å². The summed E-state index contributed by atoms with van der Waals surface area (Å²) in [6.45, 7) is 2.20. The zero-order valence-electron chi connectivity index (χ0n) is 7.71. The van der Waals surface area contributed by atoms with Gasteiger partial charge in [0.15, 0.2) is 0 Å². The van der Waals surface area contributed by atoms with Gasteiger partial charge < -0.3 is 9.80 Å². The Kier molecular flexibility index (Phi) is 4.48. The van der Waals surface area contributed by atoms with Crippen LogP contribution < -0.4 is 0 Å². The lowest BCUT2D eigenvalue weighted by Crippen LogP contribution is -2.51. The summed E-state index contributed by atoms with van der Waals surface area (Å²) in [5.41, 5.74) is 0. The highest BCUT2D eigenvalue weighted by Gasteiger charge is 2.22. The number of amides is 2. The third-order valence-electron chi connectivity index (χ3n) is 2.21. The Morgan fingerprint density at radius 1 is 0.857 bits per heavy atom. The molecule has 0 aromatic rings. The normalized spacial score (nSPS) is 17.0. The van der Waals surface area contributed by atoms with Crippen LogP contribution in [0.15, 0.2) is 0 Å². The van der Waals surface area contributed by atoms with Gasteiger partial charge in [-0.1, -0.05) is 0 Å². The zero-order chi connectivity index (χ0) is 10.6. The lowest BCUT2D eigenvalue weighted by Gasteiger charge is -2.34. The molecular formula is C8H12Cl2N2O2. The molecule has 6 heteroatoms. The van der Waals surface area contributed by atoms with E-state index in [1.54, 1.807) is 9.80 Å². The van der Waals surface area contributed by atoms with Crippen molar-refractivity contribution in [2.45, 2.75) is 0 Å². The lowest BCUT2D eigenvalue weighted by atomic mass is 10.3.